The van der Waals surface area contributed by atoms with E-state index in [-0.39, 0.29) is 24.4 Å². The average molecular weight is 466 g/mol. The number of thiophene rings is 1. The number of amides is 4. The van der Waals surface area contributed by atoms with E-state index in [2.05, 4.69) is 20.9 Å². The van der Waals surface area contributed by atoms with Crippen LogP contribution in [-0.4, -0.2) is 27.4 Å². The number of anilines is 1. The van der Waals surface area contributed by atoms with E-state index < -0.39 is 17.5 Å². The van der Waals surface area contributed by atoms with Gasteiger partial charge < -0.3 is 10.6 Å². The summed E-state index contributed by atoms with van der Waals surface area (Å²) in [6.45, 7) is 1.86. The number of nitrogens with zero attached hydrogens (tertiary/aromatic N) is 2. The minimum Gasteiger partial charge on any atom is -0.326 e. The highest BCUT2D eigenvalue weighted by molar-refractivity contribution is 7.18. The van der Waals surface area contributed by atoms with Gasteiger partial charge in [0.1, 0.15) is 10.4 Å². The van der Waals surface area contributed by atoms with Crippen LogP contribution in [0.3, 0.4) is 0 Å². The molecule has 3 heterocycles. The van der Waals surface area contributed by atoms with Crippen LogP contribution in [0.15, 0.2) is 35.4 Å². The summed E-state index contributed by atoms with van der Waals surface area (Å²) in [5.74, 6) is -0.660. The number of rotatable bonds is 5. The fraction of sp³-hybridized carbons (Fsp3) is 0.348. The van der Waals surface area contributed by atoms with Crippen LogP contribution < -0.4 is 21.5 Å². The molecule has 1 atom stereocenters. The highest BCUT2D eigenvalue weighted by atomic mass is 32.1. The number of benzene rings is 1. The molecular formula is C23H23N5O4S. The Hall–Kier alpha value is -3.53. The predicted molar refractivity (Wildman–Crippen MR) is 124 cm³/mol. The fourth-order valence-corrected chi connectivity index (χ4v) is 5.64. The SMILES string of the molecule is C[C@]1(c2ccc(NC(=O)CCn3cnc4sc5c(c4c3=O)CCCC5)cc2)NC(=O)NC1=O. The van der Waals surface area contributed by atoms with E-state index in [4.69, 9.17) is 0 Å². The smallest absolute Gasteiger partial charge is 0.322 e. The van der Waals surface area contributed by atoms with Gasteiger partial charge in [0.15, 0.2) is 0 Å². The lowest BCUT2D eigenvalue weighted by atomic mass is 9.92. The molecule has 0 saturated carbocycles. The lowest BCUT2D eigenvalue weighted by Gasteiger charge is -2.21. The van der Waals surface area contributed by atoms with Crippen LogP contribution >= 0.6 is 11.3 Å². The van der Waals surface area contributed by atoms with Gasteiger partial charge in [0.05, 0.1) is 11.7 Å². The molecule has 170 valence electrons. The quantitative estimate of drug-likeness (QED) is 0.500. The van der Waals surface area contributed by atoms with Crippen LogP contribution in [0.4, 0.5) is 10.5 Å². The van der Waals surface area contributed by atoms with Gasteiger partial charge in [-0.2, -0.15) is 0 Å². The third kappa shape index (κ3) is 3.80. The normalized spacial score (nSPS) is 19.8. The molecule has 10 heteroatoms. The van der Waals surface area contributed by atoms with Crippen molar-refractivity contribution in [3.8, 4) is 0 Å². The summed E-state index contributed by atoms with van der Waals surface area (Å²) in [4.78, 5) is 55.5. The van der Waals surface area contributed by atoms with Gasteiger partial charge in [-0.15, -0.1) is 11.3 Å². The number of nitrogens with one attached hydrogen (secondary N) is 3. The maximum Gasteiger partial charge on any atom is 0.322 e. The third-order valence-corrected chi connectivity index (χ3v) is 7.51. The molecule has 1 aromatic carbocycles. The maximum atomic E-state index is 13.0. The number of carbonyl (C=O) groups is 3. The molecule has 0 unspecified atom stereocenters. The van der Waals surface area contributed by atoms with Gasteiger partial charge in [-0.05, 0) is 55.9 Å². The number of hydrogen-bond donors (Lipinski definition) is 3. The van der Waals surface area contributed by atoms with E-state index in [0.29, 0.717) is 16.6 Å². The Morgan fingerprint density at radius 2 is 1.94 bits per heavy atom. The number of imide groups is 1. The second-order valence-corrected chi connectivity index (χ2v) is 9.63. The largest absolute Gasteiger partial charge is 0.326 e. The van der Waals surface area contributed by atoms with Crippen LogP contribution in [0, 0.1) is 0 Å². The lowest BCUT2D eigenvalue weighted by Crippen LogP contribution is -2.40. The zero-order valence-corrected chi connectivity index (χ0v) is 18.9. The van der Waals surface area contributed by atoms with E-state index in [1.54, 1.807) is 42.5 Å². The van der Waals surface area contributed by atoms with Crippen molar-refractivity contribution in [2.75, 3.05) is 5.32 Å². The van der Waals surface area contributed by atoms with Gasteiger partial charge >= 0.3 is 6.03 Å². The third-order valence-electron chi connectivity index (χ3n) is 6.31. The Bertz CT molecular complexity index is 1340. The van der Waals surface area contributed by atoms with E-state index in [1.807, 2.05) is 0 Å². The number of carbonyl (C=O) groups excluding carboxylic acids is 3. The number of fused-ring (bicyclic) bond motifs is 3. The molecule has 2 aliphatic rings. The molecule has 3 N–H and O–H groups in total. The van der Waals surface area contributed by atoms with E-state index in [9.17, 15) is 19.2 Å². The van der Waals surface area contributed by atoms with Crippen molar-refractivity contribution in [2.24, 2.45) is 0 Å². The Morgan fingerprint density at radius 1 is 1.18 bits per heavy atom. The first kappa shape index (κ1) is 21.3. The summed E-state index contributed by atoms with van der Waals surface area (Å²) in [7, 11) is 0. The Kier molecular flexibility index (Phi) is 5.24. The van der Waals surface area contributed by atoms with E-state index in [1.165, 1.54) is 15.8 Å². The topological polar surface area (TPSA) is 122 Å². The molecule has 1 aliphatic heterocycles. The predicted octanol–water partition coefficient (Wildman–Crippen LogP) is 2.42. The van der Waals surface area contributed by atoms with Crippen molar-refractivity contribution in [3.63, 3.8) is 0 Å². The van der Waals surface area contributed by atoms with Crippen molar-refractivity contribution in [1.29, 1.82) is 0 Å². The highest BCUT2D eigenvalue weighted by Gasteiger charge is 2.43. The Labute approximate surface area is 193 Å². The van der Waals surface area contributed by atoms with Gasteiger partial charge in [-0.25, -0.2) is 9.78 Å². The van der Waals surface area contributed by atoms with Crippen molar-refractivity contribution < 1.29 is 14.4 Å². The Balaban J connectivity index is 1.25. The second kappa shape index (κ2) is 8.11. The summed E-state index contributed by atoms with van der Waals surface area (Å²) < 4.78 is 1.51. The molecule has 0 radical (unpaired) electrons. The summed E-state index contributed by atoms with van der Waals surface area (Å²) in [5.41, 5.74) is 1.08. The monoisotopic (exact) mass is 465 g/mol. The lowest BCUT2D eigenvalue weighted by molar-refractivity contribution is -0.123. The molecule has 9 nitrogen and oxygen atoms in total. The molecule has 1 saturated heterocycles. The molecule has 1 aliphatic carbocycles. The van der Waals surface area contributed by atoms with E-state index in [0.717, 1.165) is 36.1 Å². The van der Waals surface area contributed by atoms with Crippen LogP contribution in [0.2, 0.25) is 0 Å². The molecule has 0 spiro atoms. The zero-order chi connectivity index (χ0) is 23.2. The number of urea groups is 1. The minimum absolute atomic E-state index is 0.0818. The van der Waals surface area contributed by atoms with Gasteiger partial charge in [-0.3, -0.25) is 24.3 Å². The maximum absolute atomic E-state index is 13.0. The summed E-state index contributed by atoms with van der Waals surface area (Å²) in [5, 5.41) is 8.35. The highest BCUT2D eigenvalue weighted by Crippen LogP contribution is 2.33. The fourth-order valence-electron chi connectivity index (χ4n) is 4.42. The summed E-state index contributed by atoms with van der Waals surface area (Å²) >= 11 is 1.61. The van der Waals surface area contributed by atoms with Crippen molar-refractivity contribution in [1.82, 2.24) is 20.2 Å². The zero-order valence-electron chi connectivity index (χ0n) is 18.1. The molecule has 4 amide bonds. The Morgan fingerprint density at radius 3 is 2.67 bits per heavy atom. The van der Waals surface area contributed by atoms with Crippen LogP contribution in [0.5, 0.6) is 0 Å². The van der Waals surface area contributed by atoms with Gasteiger partial charge in [0, 0.05) is 23.5 Å². The first-order chi connectivity index (χ1) is 15.8. The van der Waals surface area contributed by atoms with Gasteiger partial charge in [0.2, 0.25) is 5.91 Å². The van der Waals surface area contributed by atoms with Gasteiger partial charge in [0.25, 0.3) is 11.5 Å². The molecule has 3 aromatic rings. The number of aryl methyl sites for hydroxylation is 3. The molecule has 0 bridgehead atoms. The van der Waals surface area contributed by atoms with Crippen LogP contribution in [0.25, 0.3) is 10.2 Å². The molecule has 1 fully saturated rings. The number of aromatic nitrogens is 2. The molecule has 5 rings (SSSR count). The first-order valence-corrected chi connectivity index (χ1v) is 11.7. The summed E-state index contributed by atoms with van der Waals surface area (Å²) in [6, 6.07) is 6.18. The first-order valence-electron chi connectivity index (χ1n) is 10.9. The van der Waals surface area contributed by atoms with Gasteiger partial charge in [-0.1, -0.05) is 12.1 Å². The molecule has 2 aromatic heterocycles. The summed E-state index contributed by atoms with van der Waals surface area (Å²) in [6.07, 6.45) is 5.80. The van der Waals surface area contributed by atoms with Crippen LogP contribution in [0.1, 0.15) is 42.2 Å². The standard InChI is InChI=1S/C23H23N5O4S/c1-23(21(31)26-22(32)27-23)13-6-8-14(9-7-13)25-17(29)10-11-28-12-24-19-18(20(28)30)15-4-2-3-5-16(15)33-19/h6-9,12H,2-5,10-11H2,1H3,(H,25,29)(H2,26,27,31,32)/t23-/m1/s1. The van der Waals surface area contributed by atoms with Crippen molar-refractivity contribution in [3.05, 3.63) is 57.0 Å². The average Bonchev–Trinajstić information content (AvgIpc) is 3.30. The second-order valence-electron chi connectivity index (χ2n) is 8.54. The molecular weight excluding hydrogens is 442 g/mol. The molecule has 33 heavy (non-hydrogen) atoms. The van der Waals surface area contributed by atoms with E-state index >= 15 is 0 Å². The minimum atomic E-state index is -1.15. The van der Waals surface area contributed by atoms with Crippen molar-refractivity contribution in [2.45, 2.75) is 51.1 Å². The van der Waals surface area contributed by atoms with Crippen molar-refractivity contribution >= 4 is 45.1 Å². The van der Waals surface area contributed by atoms with Crippen LogP contribution in [-0.2, 0) is 34.5 Å². The number of hydrogen-bond acceptors (Lipinski definition) is 6.